The summed E-state index contributed by atoms with van der Waals surface area (Å²) in [6.45, 7) is 5.46. The summed E-state index contributed by atoms with van der Waals surface area (Å²) in [7, 11) is 1.60. The molecule has 0 aliphatic carbocycles. The minimum atomic E-state index is -0.302. The van der Waals surface area contributed by atoms with E-state index in [-0.39, 0.29) is 17.0 Å². The number of hydrogen-bond donors (Lipinski definition) is 0. The standard InChI is InChI=1S/C27H26ClN3O4/c1-16-25(17(2)35-29-16)21-13-19-14-22(26(32)30-9-5-10-30)27(33)31(23(19)15-24(21)34-3)11-8-18-6-4-7-20(28)12-18/h4,6-7,12-15H,5,8-11H2,1-3H3. The topological polar surface area (TPSA) is 77.6 Å². The van der Waals surface area contributed by atoms with Crippen molar-refractivity contribution in [2.75, 3.05) is 20.2 Å². The molecule has 2 aromatic carbocycles. The molecule has 35 heavy (non-hydrogen) atoms. The van der Waals surface area contributed by atoms with Gasteiger partial charge in [-0.15, -0.1) is 0 Å². The zero-order valence-corrected chi connectivity index (χ0v) is 20.7. The molecule has 3 heterocycles. The van der Waals surface area contributed by atoms with E-state index in [1.54, 1.807) is 22.6 Å². The normalized spacial score (nSPS) is 13.2. The summed E-state index contributed by atoms with van der Waals surface area (Å²) in [6, 6.07) is 13.1. The molecule has 1 saturated heterocycles. The van der Waals surface area contributed by atoms with Crippen molar-refractivity contribution in [2.45, 2.75) is 33.2 Å². The molecule has 0 spiro atoms. The highest BCUT2D eigenvalue weighted by Gasteiger charge is 2.26. The Bertz CT molecular complexity index is 1480. The highest BCUT2D eigenvalue weighted by molar-refractivity contribution is 6.30. The van der Waals surface area contributed by atoms with Gasteiger partial charge in [0.05, 0.1) is 23.9 Å². The van der Waals surface area contributed by atoms with Crippen molar-refractivity contribution in [3.63, 3.8) is 0 Å². The van der Waals surface area contributed by atoms with Crippen molar-refractivity contribution < 1.29 is 14.1 Å². The quantitative estimate of drug-likeness (QED) is 0.378. The number of benzene rings is 2. The van der Waals surface area contributed by atoms with Crippen LogP contribution in [0.2, 0.25) is 5.02 Å². The zero-order valence-electron chi connectivity index (χ0n) is 19.9. The third-order valence-corrected chi connectivity index (χ3v) is 6.84. The average Bonchev–Trinajstić information content (AvgIpc) is 3.13. The number of ether oxygens (including phenoxy) is 1. The lowest BCUT2D eigenvalue weighted by Crippen LogP contribution is -2.44. The van der Waals surface area contributed by atoms with Gasteiger partial charge in [-0.1, -0.05) is 28.9 Å². The minimum absolute atomic E-state index is 0.179. The number of rotatable bonds is 6. The summed E-state index contributed by atoms with van der Waals surface area (Å²) < 4.78 is 12.8. The summed E-state index contributed by atoms with van der Waals surface area (Å²) in [5.41, 5.74) is 3.98. The Morgan fingerprint density at radius 1 is 1.17 bits per heavy atom. The Labute approximate surface area is 207 Å². The van der Waals surface area contributed by atoms with Gasteiger partial charge in [0.2, 0.25) is 0 Å². The second-order valence-corrected chi connectivity index (χ2v) is 9.29. The molecule has 180 valence electrons. The highest BCUT2D eigenvalue weighted by atomic mass is 35.5. The van der Waals surface area contributed by atoms with Crippen LogP contribution in [-0.2, 0) is 13.0 Å². The smallest absolute Gasteiger partial charge is 0.263 e. The molecule has 1 fully saturated rings. The molecule has 1 aliphatic heterocycles. The van der Waals surface area contributed by atoms with E-state index in [0.717, 1.165) is 34.2 Å². The molecule has 0 atom stereocenters. The van der Waals surface area contributed by atoms with E-state index in [9.17, 15) is 9.59 Å². The molecule has 1 aliphatic rings. The van der Waals surface area contributed by atoms with Crippen LogP contribution in [-0.4, -0.2) is 40.7 Å². The number of methoxy groups -OCH3 is 1. The number of nitrogens with zero attached hydrogens (tertiary/aromatic N) is 3. The highest BCUT2D eigenvalue weighted by Crippen LogP contribution is 2.37. The van der Waals surface area contributed by atoms with Crippen molar-refractivity contribution in [1.29, 1.82) is 0 Å². The fraction of sp³-hybridized carbons (Fsp3) is 0.296. The van der Waals surface area contributed by atoms with Gasteiger partial charge in [-0.25, -0.2) is 0 Å². The Balaban J connectivity index is 1.70. The lowest BCUT2D eigenvalue weighted by molar-refractivity contribution is 0.0649. The van der Waals surface area contributed by atoms with E-state index in [1.807, 2.05) is 50.2 Å². The molecular formula is C27H26ClN3O4. The van der Waals surface area contributed by atoms with Crippen LogP contribution in [0.1, 0.15) is 33.8 Å². The molecule has 2 aromatic heterocycles. The van der Waals surface area contributed by atoms with E-state index < -0.39 is 0 Å². The molecule has 8 heteroatoms. The van der Waals surface area contributed by atoms with Crippen LogP contribution in [0.4, 0.5) is 0 Å². The molecule has 0 saturated carbocycles. The van der Waals surface area contributed by atoms with E-state index in [2.05, 4.69) is 5.16 Å². The largest absolute Gasteiger partial charge is 0.496 e. The van der Waals surface area contributed by atoms with Gasteiger partial charge in [0, 0.05) is 41.7 Å². The van der Waals surface area contributed by atoms with Gasteiger partial charge >= 0.3 is 0 Å². The number of likely N-dealkylation sites (tertiary alicyclic amines) is 1. The van der Waals surface area contributed by atoms with Gasteiger partial charge in [-0.05, 0) is 56.5 Å². The molecule has 4 aromatic rings. The SMILES string of the molecule is COc1cc2c(cc1-c1c(C)noc1C)cc(C(=O)N1CCC1)c(=O)n2CCc1cccc(Cl)c1. The van der Waals surface area contributed by atoms with E-state index in [4.69, 9.17) is 20.9 Å². The van der Waals surface area contributed by atoms with Crippen LogP contribution < -0.4 is 10.3 Å². The third-order valence-electron chi connectivity index (χ3n) is 6.60. The Hall–Kier alpha value is -3.58. The zero-order chi connectivity index (χ0) is 24.7. The summed E-state index contributed by atoms with van der Waals surface area (Å²) >= 11 is 6.16. The van der Waals surface area contributed by atoms with Crippen LogP contribution in [0.3, 0.4) is 0 Å². The van der Waals surface area contributed by atoms with Crippen molar-refractivity contribution >= 4 is 28.4 Å². The van der Waals surface area contributed by atoms with Gasteiger partial charge in [0.15, 0.2) is 0 Å². The maximum absolute atomic E-state index is 13.6. The number of carbonyl (C=O) groups is 1. The molecule has 7 nitrogen and oxygen atoms in total. The molecule has 5 rings (SSSR count). The summed E-state index contributed by atoms with van der Waals surface area (Å²) in [4.78, 5) is 28.5. The lowest BCUT2D eigenvalue weighted by Gasteiger charge is -2.31. The predicted octanol–water partition coefficient (Wildman–Crippen LogP) is 5.02. The van der Waals surface area contributed by atoms with Gasteiger partial charge < -0.3 is 18.7 Å². The number of pyridine rings is 1. The summed E-state index contributed by atoms with van der Waals surface area (Å²) in [5.74, 6) is 1.05. The first-order valence-corrected chi connectivity index (χ1v) is 12.0. The van der Waals surface area contributed by atoms with Gasteiger partial charge in [0.25, 0.3) is 11.5 Å². The minimum Gasteiger partial charge on any atom is -0.496 e. The van der Waals surface area contributed by atoms with Crippen LogP contribution >= 0.6 is 11.6 Å². The van der Waals surface area contributed by atoms with Crippen LogP contribution in [0.15, 0.2) is 51.8 Å². The Kier molecular flexibility index (Phi) is 6.11. The Morgan fingerprint density at radius 3 is 2.60 bits per heavy atom. The third kappa shape index (κ3) is 4.21. The van der Waals surface area contributed by atoms with Crippen molar-refractivity contribution in [3.8, 4) is 16.9 Å². The van der Waals surface area contributed by atoms with Crippen molar-refractivity contribution in [3.05, 3.63) is 80.4 Å². The number of fused-ring (bicyclic) bond motifs is 1. The summed E-state index contributed by atoms with van der Waals surface area (Å²) in [6.07, 6.45) is 1.54. The second-order valence-electron chi connectivity index (χ2n) is 8.85. The lowest BCUT2D eigenvalue weighted by atomic mass is 9.99. The van der Waals surface area contributed by atoms with E-state index in [1.165, 1.54) is 0 Å². The number of halogens is 1. The molecule has 1 amide bonds. The number of hydrogen-bond acceptors (Lipinski definition) is 5. The van der Waals surface area contributed by atoms with Crippen LogP contribution in [0, 0.1) is 13.8 Å². The van der Waals surface area contributed by atoms with E-state index in [0.29, 0.717) is 48.1 Å². The first-order valence-electron chi connectivity index (χ1n) is 11.6. The molecule has 0 bridgehead atoms. The number of carbonyl (C=O) groups excluding carboxylic acids is 1. The van der Waals surface area contributed by atoms with Crippen molar-refractivity contribution in [2.24, 2.45) is 0 Å². The van der Waals surface area contributed by atoms with Crippen LogP contribution in [0.5, 0.6) is 5.75 Å². The van der Waals surface area contributed by atoms with Gasteiger partial charge in [0.1, 0.15) is 17.1 Å². The number of amides is 1. The van der Waals surface area contributed by atoms with Crippen LogP contribution in [0.25, 0.3) is 22.0 Å². The van der Waals surface area contributed by atoms with Crippen molar-refractivity contribution in [1.82, 2.24) is 14.6 Å². The predicted molar refractivity (Wildman–Crippen MR) is 135 cm³/mol. The fourth-order valence-corrected chi connectivity index (χ4v) is 4.85. The first kappa shape index (κ1) is 23.2. The monoisotopic (exact) mass is 491 g/mol. The number of aryl methyl sites for hydroxylation is 4. The Morgan fingerprint density at radius 2 is 1.97 bits per heavy atom. The fourth-order valence-electron chi connectivity index (χ4n) is 4.64. The molecule has 0 unspecified atom stereocenters. The van der Waals surface area contributed by atoms with E-state index >= 15 is 0 Å². The maximum atomic E-state index is 13.6. The molecule has 0 N–H and O–H groups in total. The first-order chi connectivity index (χ1) is 16.9. The van der Waals surface area contributed by atoms with Gasteiger partial charge in [-0.2, -0.15) is 0 Å². The second kappa shape index (κ2) is 9.23. The number of aromatic nitrogens is 2. The molecular weight excluding hydrogens is 466 g/mol. The van der Waals surface area contributed by atoms with Gasteiger partial charge in [-0.3, -0.25) is 9.59 Å². The average molecular weight is 492 g/mol. The maximum Gasteiger partial charge on any atom is 0.263 e. The summed E-state index contributed by atoms with van der Waals surface area (Å²) in [5, 5.41) is 5.50. The molecule has 0 radical (unpaired) electrons.